The lowest BCUT2D eigenvalue weighted by Gasteiger charge is -2.31. The van der Waals surface area contributed by atoms with E-state index in [2.05, 4.69) is 42.2 Å². The van der Waals surface area contributed by atoms with E-state index in [1.54, 1.807) is 17.4 Å². The molecule has 3 nitrogen and oxygen atoms in total. The second-order valence-electron chi connectivity index (χ2n) is 7.09. The number of rotatable bonds is 3. The molecule has 0 spiro atoms. The summed E-state index contributed by atoms with van der Waals surface area (Å²) in [6.07, 6.45) is 0. The number of aromatic nitrogens is 1. The van der Waals surface area contributed by atoms with E-state index in [1.807, 2.05) is 35.7 Å². The second kappa shape index (κ2) is 7.80. The van der Waals surface area contributed by atoms with Crippen molar-refractivity contribution in [3.63, 3.8) is 0 Å². The van der Waals surface area contributed by atoms with Crippen molar-refractivity contribution in [1.29, 1.82) is 0 Å². The first-order valence-electron chi connectivity index (χ1n) is 9.46. The van der Waals surface area contributed by atoms with Gasteiger partial charge in [0.2, 0.25) is 0 Å². The van der Waals surface area contributed by atoms with Crippen molar-refractivity contribution in [2.75, 3.05) is 0 Å². The third-order valence-electron chi connectivity index (χ3n) is 5.09. The summed E-state index contributed by atoms with van der Waals surface area (Å²) in [7, 11) is 0. The molecule has 1 atom stereocenters. The molecule has 148 valence electrons. The van der Waals surface area contributed by atoms with Crippen molar-refractivity contribution in [3.8, 4) is 5.75 Å². The second-order valence-corrected chi connectivity index (χ2v) is 9.76. The van der Waals surface area contributed by atoms with Gasteiger partial charge in [-0.15, -0.1) is 22.7 Å². The highest BCUT2D eigenvalue weighted by Gasteiger charge is 2.33. The smallest absolute Gasteiger partial charge is 0.251 e. The molecule has 1 aliphatic heterocycles. The molecule has 1 N–H and O–H groups in total. The number of aromatic amines is 1. The topological polar surface area (TPSA) is 42.1 Å². The molecule has 3 heterocycles. The highest BCUT2D eigenvalue weighted by atomic mass is 32.1. The van der Waals surface area contributed by atoms with Gasteiger partial charge in [-0.3, -0.25) is 4.79 Å². The van der Waals surface area contributed by atoms with Crippen LogP contribution < -0.4 is 10.3 Å². The average Bonchev–Trinajstić information content (AvgIpc) is 3.27. The lowest BCUT2D eigenvalue weighted by atomic mass is 9.81. The van der Waals surface area contributed by atoms with Crippen LogP contribution in [0.1, 0.15) is 32.4 Å². The number of para-hydroxylation sites is 1. The molecule has 5 rings (SSSR count). The summed E-state index contributed by atoms with van der Waals surface area (Å²) in [6, 6.07) is 22.3. The van der Waals surface area contributed by atoms with Gasteiger partial charge in [-0.2, -0.15) is 0 Å². The SMILES string of the molecule is Cc1ccc(C2C(c3cc(=O)[nH]c(=S)s3)=C(c3cccs3)Oc3ccccc32)cc1. The minimum Gasteiger partial charge on any atom is -0.455 e. The van der Waals surface area contributed by atoms with Crippen LogP contribution in [-0.4, -0.2) is 4.98 Å². The summed E-state index contributed by atoms with van der Waals surface area (Å²) in [6.45, 7) is 2.08. The zero-order chi connectivity index (χ0) is 20.7. The number of hydrogen-bond acceptors (Lipinski definition) is 5. The van der Waals surface area contributed by atoms with Gasteiger partial charge in [-0.1, -0.05) is 54.1 Å². The standard InChI is InChI=1S/C24H17NO2S3/c1-14-8-10-15(11-9-14)21-16-5-2-3-6-17(16)27-23(18-7-4-12-29-18)22(21)19-13-20(26)25-24(28)30-19/h2-13,21H,1H3,(H,25,26,28). The van der Waals surface area contributed by atoms with Crippen LogP contribution in [0.15, 0.2) is 76.9 Å². The van der Waals surface area contributed by atoms with E-state index in [1.165, 1.54) is 16.9 Å². The van der Waals surface area contributed by atoms with Gasteiger partial charge in [-0.25, -0.2) is 0 Å². The van der Waals surface area contributed by atoms with E-state index in [4.69, 9.17) is 17.0 Å². The van der Waals surface area contributed by atoms with Gasteiger partial charge in [0.05, 0.1) is 4.88 Å². The number of H-pyrrole nitrogens is 1. The fourth-order valence-electron chi connectivity index (χ4n) is 3.76. The molecule has 1 aliphatic rings. The predicted octanol–water partition coefficient (Wildman–Crippen LogP) is 6.63. The van der Waals surface area contributed by atoms with Gasteiger partial charge in [0.25, 0.3) is 5.56 Å². The number of fused-ring (bicyclic) bond motifs is 1. The van der Waals surface area contributed by atoms with Crippen molar-refractivity contribution < 1.29 is 4.74 Å². The van der Waals surface area contributed by atoms with Crippen LogP contribution in [0, 0.1) is 10.9 Å². The van der Waals surface area contributed by atoms with Crippen molar-refractivity contribution >= 4 is 46.2 Å². The third-order valence-corrected chi connectivity index (χ3v) is 7.15. The van der Waals surface area contributed by atoms with Crippen molar-refractivity contribution in [1.82, 2.24) is 4.98 Å². The Hall–Kier alpha value is -2.80. The largest absolute Gasteiger partial charge is 0.455 e. The van der Waals surface area contributed by atoms with Crippen LogP contribution in [0.3, 0.4) is 0 Å². The van der Waals surface area contributed by atoms with Crippen molar-refractivity contribution in [2.45, 2.75) is 12.8 Å². The predicted molar refractivity (Wildman–Crippen MR) is 127 cm³/mol. The molecule has 0 amide bonds. The fourth-order valence-corrected chi connectivity index (χ4v) is 5.68. The van der Waals surface area contributed by atoms with Gasteiger partial charge < -0.3 is 9.72 Å². The quantitative estimate of drug-likeness (QED) is 0.359. The molecule has 0 saturated carbocycles. The first-order chi connectivity index (χ1) is 14.6. The Bertz CT molecular complexity index is 1330. The average molecular weight is 448 g/mol. The van der Waals surface area contributed by atoms with Crippen molar-refractivity contribution in [3.05, 3.63) is 113 Å². The lowest BCUT2D eigenvalue weighted by Crippen LogP contribution is -2.16. The Morgan fingerprint density at radius 3 is 2.53 bits per heavy atom. The van der Waals surface area contributed by atoms with Crippen molar-refractivity contribution in [2.24, 2.45) is 0 Å². The Labute approximate surface area is 187 Å². The van der Waals surface area contributed by atoms with E-state index in [9.17, 15) is 4.79 Å². The van der Waals surface area contributed by atoms with E-state index in [0.717, 1.165) is 38.0 Å². The minimum absolute atomic E-state index is 0.0694. The summed E-state index contributed by atoms with van der Waals surface area (Å²) in [5, 5.41) is 2.03. The number of hydrogen-bond donors (Lipinski definition) is 1. The Kier molecular flexibility index (Phi) is 4.98. The number of nitrogens with one attached hydrogen (secondary N) is 1. The number of thiophene rings is 1. The fraction of sp³-hybridized carbons (Fsp3) is 0.0833. The summed E-state index contributed by atoms with van der Waals surface area (Å²) in [4.78, 5) is 16.9. The molecule has 0 fully saturated rings. The summed E-state index contributed by atoms with van der Waals surface area (Å²) >= 11 is 8.37. The van der Waals surface area contributed by atoms with Crippen LogP contribution in [0.2, 0.25) is 0 Å². The molecular weight excluding hydrogens is 430 g/mol. The summed E-state index contributed by atoms with van der Waals surface area (Å²) in [5.74, 6) is 1.55. The van der Waals surface area contributed by atoms with E-state index < -0.39 is 0 Å². The van der Waals surface area contributed by atoms with Gasteiger partial charge in [0.15, 0.2) is 3.95 Å². The minimum atomic E-state index is -0.201. The first kappa shape index (κ1) is 19.2. The molecule has 0 bridgehead atoms. The number of ether oxygens (including phenoxy) is 1. The monoisotopic (exact) mass is 447 g/mol. The maximum absolute atomic E-state index is 12.3. The molecule has 0 radical (unpaired) electrons. The van der Waals surface area contributed by atoms with Gasteiger partial charge in [0.1, 0.15) is 11.5 Å². The maximum atomic E-state index is 12.3. The Morgan fingerprint density at radius 2 is 1.80 bits per heavy atom. The van der Waals surface area contributed by atoms with Crippen LogP contribution >= 0.6 is 34.9 Å². The molecule has 0 aliphatic carbocycles. The van der Waals surface area contributed by atoms with Crippen LogP contribution in [0.4, 0.5) is 0 Å². The van der Waals surface area contributed by atoms with E-state index in [0.29, 0.717) is 3.95 Å². The Morgan fingerprint density at radius 1 is 1.00 bits per heavy atom. The molecule has 0 saturated heterocycles. The highest BCUT2D eigenvalue weighted by Crippen LogP contribution is 2.50. The van der Waals surface area contributed by atoms with Gasteiger partial charge in [-0.05, 0) is 42.2 Å². The normalized spacial score (nSPS) is 15.6. The lowest BCUT2D eigenvalue weighted by molar-refractivity contribution is 0.499. The molecule has 2 aromatic carbocycles. The summed E-state index contributed by atoms with van der Waals surface area (Å²) < 4.78 is 6.90. The zero-order valence-electron chi connectivity index (χ0n) is 16.0. The van der Waals surface area contributed by atoms with Crippen LogP contribution in [0.25, 0.3) is 11.3 Å². The Balaban J connectivity index is 1.86. The van der Waals surface area contributed by atoms with Gasteiger partial charge >= 0.3 is 0 Å². The molecule has 30 heavy (non-hydrogen) atoms. The summed E-state index contributed by atoms with van der Waals surface area (Å²) in [5.41, 5.74) is 4.21. The van der Waals surface area contributed by atoms with Crippen LogP contribution in [0.5, 0.6) is 5.75 Å². The first-order valence-corrected chi connectivity index (χ1v) is 11.6. The van der Waals surface area contributed by atoms with Gasteiger partial charge in [0, 0.05) is 28.0 Å². The molecule has 4 aromatic rings. The molecule has 2 aromatic heterocycles. The number of allylic oxidation sites excluding steroid dienone is 1. The van der Waals surface area contributed by atoms with E-state index in [-0.39, 0.29) is 11.5 Å². The van der Waals surface area contributed by atoms with Crippen LogP contribution in [-0.2, 0) is 0 Å². The number of benzene rings is 2. The highest BCUT2D eigenvalue weighted by molar-refractivity contribution is 7.73. The molecule has 6 heteroatoms. The maximum Gasteiger partial charge on any atom is 0.251 e. The zero-order valence-corrected chi connectivity index (χ0v) is 18.5. The third kappa shape index (κ3) is 3.47. The van der Waals surface area contributed by atoms with E-state index >= 15 is 0 Å². The number of aryl methyl sites for hydroxylation is 1. The molecule has 1 unspecified atom stereocenters. The molecular formula is C24H17NO2S3.